The molecule has 4 nitrogen and oxygen atoms in total. The van der Waals surface area contributed by atoms with Crippen molar-refractivity contribution in [2.45, 2.75) is 13.8 Å². The van der Waals surface area contributed by atoms with Crippen LogP contribution in [0.4, 0.5) is 0 Å². The molecule has 0 aromatic heterocycles. The van der Waals surface area contributed by atoms with Gasteiger partial charge in [-0.2, -0.15) is 5.26 Å². The number of rotatable bonds is 4. The smallest absolute Gasteiger partial charge is 0.313 e. The third kappa shape index (κ3) is 3.63. The van der Waals surface area contributed by atoms with E-state index in [1.165, 1.54) is 13.2 Å². The number of benzene rings is 1. The quantitative estimate of drug-likeness (QED) is 0.465. The van der Waals surface area contributed by atoms with Crippen LogP contribution in [0, 0.1) is 17.2 Å². The molecule has 0 heterocycles. The van der Waals surface area contributed by atoms with E-state index in [1.54, 1.807) is 38.1 Å². The summed E-state index contributed by atoms with van der Waals surface area (Å²) in [7, 11) is 1.50. The van der Waals surface area contributed by atoms with Crippen molar-refractivity contribution in [3.63, 3.8) is 0 Å². The van der Waals surface area contributed by atoms with E-state index in [4.69, 9.17) is 14.7 Å². The summed E-state index contributed by atoms with van der Waals surface area (Å²) in [4.78, 5) is 11.5. The predicted octanol–water partition coefficient (Wildman–Crippen LogP) is 2.79. The first kappa shape index (κ1) is 13.8. The molecule has 0 unspecified atom stereocenters. The summed E-state index contributed by atoms with van der Waals surface area (Å²) in [5, 5.41) is 8.45. The monoisotopic (exact) mass is 245 g/mol. The van der Waals surface area contributed by atoms with Crippen molar-refractivity contribution in [3.05, 3.63) is 29.8 Å². The molecular weight excluding hydrogens is 230 g/mol. The molecule has 4 heteroatoms. The fraction of sp³-hybridized carbons (Fsp3) is 0.286. The summed E-state index contributed by atoms with van der Waals surface area (Å²) in [5.41, 5.74) is 0.803. The molecule has 0 aliphatic rings. The second-order valence-electron chi connectivity index (χ2n) is 3.95. The number of ether oxygens (including phenoxy) is 2. The SMILES string of the molecule is COc1cc(/C=C\C#N)ccc1OC(=O)C(C)C. The zero-order chi connectivity index (χ0) is 13.5. The molecule has 0 amide bonds. The number of carbonyl (C=O) groups excluding carboxylic acids is 1. The molecule has 1 aromatic carbocycles. The number of methoxy groups -OCH3 is 1. The third-order valence-electron chi connectivity index (χ3n) is 2.22. The largest absolute Gasteiger partial charge is 0.493 e. The van der Waals surface area contributed by atoms with Crippen LogP contribution >= 0.6 is 0 Å². The fourth-order valence-electron chi connectivity index (χ4n) is 1.23. The Balaban J connectivity index is 2.97. The second kappa shape index (κ2) is 6.45. The molecule has 1 rings (SSSR count). The Bertz CT molecular complexity index is 498. The molecule has 0 bridgehead atoms. The van der Waals surface area contributed by atoms with Crippen LogP contribution < -0.4 is 9.47 Å². The van der Waals surface area contributed by atoms with Gasteiger partial charge < -0.3 is 9.47 Å². The number of carbonyl (C=O) groups is 1. The predicted molar refractivity (Wildman–Crippen MR) is 68.1 cm³/mol. The summed E-state index contributed by atoms with van der Waals surface area (Å²) in [6.45, 7) is 3.53. The number of esters is 1. The summed E-state index contributed by atoms with van der Waals surface area (Å²) in [5.74, 6) is 0.330. The molecule has 0 aliphatic carbocycles. The average Bonchev–Trinajstić information content (AvgIpc) is 2.37. The van der Waals surface area contributed by atoms with Crippen LogP contribution in [0.5, 0.6) is 11.5 Å². The van der Waals surface area contributed by atoms with E-state index in [2.05, 4.69) is 0 Å². The van der Waals surface area contributed by atoms with Gasteiger partial charge in [0, 0.05) is 6.08 Å². The van der Waals surface area contributed by atoms with Crippen LogP contribution in [0.1, 0.15) is 19.4 Å². The van der Waals surface area contributed by atoms with Gasteiger partial charge in [0.1, 0.15) is 0 Å². The summed E-state index contributed by atoms with van der Waals surface area (Å²) < 4.78 is 10.4. The van der Waals surface area contributed by atoms with Crippen molar-refractivity contribution in [2.24, 2.45) is 5.92 Å². The van der Waals surface area contributed by atoms with Crippen LogP contribution in [0.15, 0.2) is 24.3 Å². The summed E-state index contributed by atoms with van der Waals surface area (Å²) >= 11 is 0. The van der Waals surface area contributed by atoms with E-state index < -0.39 is 0 Å². The molecule has 0 radical (unpaired) electrons. The van der Waals surface area contributed by atoms with E-state index in [9.17, 15) is 4.79 Å². The van der Waals surface area contributed by atoms with Gasteiger partial charge in [0.15, 0.2) is 11.5 Å². The van der Waals surface area contributed by atoms with Gasteiger partial charge in [-0.15, -0.1) is 0 Å². The summed E-state index contributed by atoms with van der Waals surface area (Å²) in [6, 6.07) is 7.01. The second-order valence-corrected chi connectivity index (χ2v) is 3.95. The lowest BCUT2D eigenvalue weighted by atomic mass is 10.2. The fourth-order valence-corrected chi connectivity index (χ4v) is 1.23. The van der Waals surface area contributed by atoms with Gasteiger partial charge in [0.2, 0.25) is 0 Å². The number of nitriles is 1. The highest BCUT2D eigenvalue weighted by Gasteiger charge is 2.13. The molecule has 94 valence electrons. The minimum absolute atomic E-state index is 0.201. The number of hydrogen-bond donors (Lipinski definition) is 0. The van der Waals surface area contributed by atoms with Crippen LogP contribution in [-0.4, -0.2) is 13.1 Å². The lowest BCUT2D eigenvalue weighted by Crippen LogP contribution is -2.15. The minimum Gasteiger partial charge on any atom is -0.493 e. The normalized spacial score (nSPS) is 10.4. The molecule has 0 saturated heterocycles. The van der Waals surface area contributed by atoms with Gasteiger partial charge in [-0.05, 0) is 23.8 Å². The van der Waals surface area contributed by atoms with E-state index in [1.807, 2.05) is 6.07 Å². The van der Waals surface area contributed by atoms with Crippen molar-refractivity contribution in [1.82, 2.24) is 0 Å². The van der Waals surface area contributed by atoms with Gasteiger partial charge in [0.05, 0.1) is 19.1 Å². The first-order valence-corrected chi connectivity index (χ1v) is 5.54. The maximum atomic E-state index is 11.5. The van der Waals surface area contributed by atoms with Gasteiger partial charge >= 0.3 is 5.97 Å². The lowest BCUT2D eigenvalue weighted by Gasteiger charge is -2.11. The zero-order valence-corrected chi connectivity index (χ0v) is 10.6. The molecular formula is C14H15NO3. The zero-order valence-electron chi connectivity index (χ0n) is 10.6. The molecule has 0 fully saturated rings. The van der Waals surface area contributed by atoms with E-state index in [0.29, 0.717) is 11.5 Å². The summed E-state index contributed by atoms with van der Waals surface area (Å²) in [6.07, 6.45) is 3.02. The highest BCUT2D eigenvalue weighted by atomic mass is 16.6. The standard InChI is InChI=1S/C14H15NO3/c1-10(2)14(16)18-12-7-6-11(5-4-8-15)9-13(12)17-3/h4-7,9-10H,1-3H3/b5-4-. The van der Waals surface area contributed by atoms with Gasteiger partial charge in [-0.1, -0.05) is 19.9 Å². The van der Waals surface area contributed by atoms with E-state index in [0.717, 1.165) is 5.56 Å². The van der Waals surface area contributed by atoms with Crippen molar-refractivity contribution in [3.8, 4) is 17.6 Å². The van der Waals surface area contributed by atoms with Gasteiger partial charge in [0.25, 0.3) is 0 Å². The van der Waals surface area contributed by atoms with E-state index in [-0.39, 0.29) is 11.9 Å². The van der Waals surface area contributed by atoms with Crippen LogP contribution in [-0.2, 0) is 4.79 Å². The Hall–Kier alpha value is -2.28. The van der Waals surface area contributed by atoms with E-state index >= 15 is 0 Å². The van der Waals surface area contributed by atoms with Crippen LogP contribution in [0.25, 0.3) is 6.08 Å². The molecule has 18 heavy (non-hydrogen) atoms. The lowest BCUT2D eigenvalue weighted by molar-refractivity contribution is -0.137. The number of allylic oxidation sites excluding steroid dienone is 1. The van der Waals surface area contributed by atoms with Crippen LogP contribution in [0.3, 0.4) is 0 Å². The maximum absolute atomic E-state index is 11.5. The molecule has 1 aromatic rings. The van der Waals surface area contributed by atoms with Gasteiger partial charge in [-0.25, -0.2) is 0 Å². The molecule has 0 spiro atoms. The highest BCUT2D eigenvalue weighted by Crippen LogP contribution is 2.29. The first-order valence-electron chi connectivity index (χ1n) is 5.54. The van der Waals surface area contributed by atoms with Crippen LogP contribution in [0.2, 0.25) is 0 Å². The topological polar surface area (TPSA) is 59.3 Å². The Morgan fingerprint density at radius 1 is 1.39 bits per heavy atom. The van der Waals surface area contributed by atoms with Crippen molar-refractivity contribution in [2.75, 3.05) is 7.11 Å². The Kier molecular flexibility index (Phi) is 4.94. The first-order chi connectivity index (χ1) is 8.58. The highest BCUT2D eigenvalue weighted by molar-refractivity contribution is 5.75. The molecule has 0 N–H and O–H groups in total. The van der Waals surface area contributed by atoms with Crippen molar-refractivity contribution >= 4 is 12.0 Å². The number of hydrogen-bond acceptors (Lipinski definition) is 4. The number of nitrogens with zero attached hydrogens (tertiary/aromatic N) is 1. The molecule has 0 saturated carbocycles. The van der Waals surface area contributed by atoms with Gasteiger partial charge in [-0.3, -0.25) is 4.79 Å². The maximum Gasteiger partial charge on any atom is 0.313 e. The third-order valence-corrected chi connectivity index (χ3v) is 2.22. The Morgan fingerprint density at radius 3 is 2.67 bits per heavy atom. The van der Waals surface area contributed by atoms with Crippen molar-refractivity contribution < 1.29 is 14.3 Å². The minimum atomic E-state index is -0.311. The average molecular weight is 245 g/mol. The Labute approximate surface area is 106 Å². The molecule has 0 aliphatic heterocycles. The van der Waals surface area contributed by atoms with Crippen molar-refractivity contribution in [1.29, 1.82) is 5.26 Å². The molecule has 0 atom stereocenters. The Morgan fingerprint density at radius 2 is 2.11 bits per heavy atom.